The number of para-hydroxylation sites is 1. The number of nitro benzene ring substituents is 1. The molecule has 0 bridgehead atoms. The molecule has 0 heterocycles. The van der Waals surface area contributed by atoms with Crippen LogP contribution in [-0.4, -0.2) is 17.1 Å². The van der Waals surface area contributed by atoms with Crippen molar-refractivity contribution in [3.05, 3.63) is 45.6 Å². The lowest BCUT2D eigenvalue weighted by Gasteiger charge is -2.26. The van der Waals surface area contributed by atoms with Crippen molar-refractivity contribution in [1.82, 2.24) is 5.32 Å². The third-order valence-electron chi connectivity index (χ3n) is 3.70. The highest BCUT2D eigenvalue weighted by Gasteiger charge is 2.35. The smallest absolute Gasteiger partial charge is 0.378 e. The molecule has 1 N–H and O–H groups in total. The van der Waals surface area contributed by atoms with Gasteiger partial charge in [-0.25, -0.2) is 0 Å². The van der Waals surface area contributed by atoms with Gasteiger partial charge in [-0.2, -0.15) is 13.2 Å². The molecule has 1 fully saturated rings. The fraction of sp³-hybridized carbons (Fsp3) is 0.467. The van der Waals surface area contributed by atoms with Gasteiger partial charge in [-0.1, -0.05) is 31.4 Å². The Morgan fingerprint density at radius 3 is 2.45 bits per heavy atom. The molecule has 0 spiro atoms. The highest BCUT2D eigenvalue weighted by molar-refractivity contribution is 5.63. The van der Waals surface area contributed by atoms with Gasteiger partial charge in [0.25, 0.3) is 5.69 Å². The fourth-order valence-electron chi connectivity index (χ4n) is 2.60. The van der Waals surface area contributed by atoms with Gasteiger partial charge < -0.3 is 5.32 Å². The minimum Gasteiger partial charge on any atom is -0.378 e. The predicted molar refractivity (Wildman–Crippen MR) is 77.1 cm³/mol. The maximum Gasteiger partial charge on any atom is 0.430 e. The second-order valence-corrected chi connectivity index (χ2v) is 5.35. The van der Waals surface area contributed by atoms with Crippen LogP contribution in [-0.2, 0) is 0 Å². The van der Waals surface area contributed by atoms with Gasteiger partial charge >= 0.3 is 6.18 Å². The van der Waals surface area contributed by atoms with Gasteiger partial charge in [0, 0.05) is 12.1 Å². The molecule has 0 radical (unpaired) electrons. The molecule has 1 aliphatic carbocycles. The van der Waals surface area contributed by atoms with Gasteiger partial charge in [0.1, 0.15) is 5.70 Å². The minimum atomic E-state index is -4.57. The quantitative estimate of drug-likeness (QED) is 0.661. The largest absolute Gasteiger partial charge is 0.430 e. The molecule has 4 nitrogen and oxygen atoms in total. The van der Waals surface area contributed by atoms with E-state index in [-0.39, 0.29) is 17.3 Å². The first-order valence-corrected chi connectivity index (χ1v) is 7.17. The second-order valence-electron chi connectivity index (χ2n) is 5.35. The van der Waals surface area contributed by atoms with E-state index < -0.39 is 16.8 Å². The van der Waals surface area contributed by atoms with Gasteiger partial charge in [0.2, 0.25) is 0 Å². The van der Waals surface area contributed by atoms with Gasteiger partial charge in [0.15, 0.2) is 0 Å². The van der Waals surface area contributed by atoms with E-state index in [4.69, 9.17) is 0 Å². The Bertz CT molecular complexity index is 564. The number of alkyl halides is 3. The van der Waals surface area contributed by atoms with Crippen molar-refractivity contribution in [2.75, 3.05) is 0 Å². The van der Waals surface area contributed by atoms with Crippen LogP contribution < -0.4 is 5.32 Å². The van der Waals surface area contributed by atoms with Crippen LogP contribution in [0, 0.1) is 10.1 Å². The van der Waals surface area contributed by atoms with Gasteiger partial charge in [0.05, 0.1) is 10.5 Å². The second kappa shape index (κ2) is 6.81. The molecule has 0 aliphatic heterocycles. The van der Waals surface area contributed by atoms with Crippen molar-refractivity contribution in [2.45, 2.75) is 44.3 Å². The number of nitrogens with zero attached hydrogens (tertiary/aromatic N) is 1. The Morgan fingerprint density at radius 1 is 1.23 bits per heavy atom. The molecule has 0 atom stereocenters. The number of hydrogen-bond donors (Lipinski definition) is 1. The normalized spacial score (nSPS) is 17.3. The number of allylic oxidation sites excluding steroid dienone is 1. The van der Waals surface area contributed by atoms with E-state index in [2.05, 4.69) is 5.32 Å². The lowest BCUT2D eigenvalue weighted by Crippen LogP contribution is -2.36. The van der Waals surface area contributed by atoms with E-state index in [0.717, 1.165) is 25.3 Å². The van der Waals surface area contributed by atoms with E-state index in [9.17, 15) is 23.3 Å². The van der Waals surface area contributed by atoms with Crippen molar-refractivity contribution in [3.8, 4) is 0 Å². The Balaban J connectivity index is 2.31. The SMILES string of the molecule is O=[N+]([O-])c1ccccc1/C=C(\NC1CCCCC1)C(F)(F)F. The molecule has 120 valence electrons. The summed E-state index contributed by atoms with van der Waals surface area (Å²) >= 11 is 0. The zero-order valence-electron chi connectivity index (χ0n) is 11.9. The van der Waals surface area contributed by atoms with Crippen LogP contribution in [0.5, 0.6) is 0 Å². The third kappa shape index (κ3) is 4.22. The van der Waals surface area contributed by atoms with Crippen molar-refractivity contribution in [2.24, 2.45) is 0 Å². The van der Waals surface area contributed by atoms with E-state index in [1.165, 1.54) is 24.3 Å². The monoisotopic (exact) mass is 314 g/mol. The van der Waals surface area contributed by atoms with Crippen molar-refractivity contribution < 1.29 is 18.1 Å². The summed E-state index contributed by atoms with van der Waals surface area (Å²) in [6.07, 6.45) is 0.457. The molecule has 0 amide bonds. The number of hydrogen-bond acceptors (Lipinski definition) is 3. The van der Waals surface area contributed by atoms with Crippen LogP contribution in [0.15, 0.2) is 30.0 Å². The third-order valence-corrected chi connectivity index (χ3v) is 3.70. The molecule has 7 heteroatoms. The number of rotatable bonds is 4. The molecular formula is C15H17F3N2O2. The summed E-state index contributed by atoms with van der Waals surface area (Å²) < 4.78 is 39.6. The number of nitrogens with one attached hydrogen (secondary N) is 1. The molecule has 1 aromatic carbocycles. The summed E-state index contributed by atoms with van der Waals surface area (Å²) in [7, 11) is 0. The lowest BCUT2D eigenvalue weighted by molar-refractivity contribution is -0.385. The first kappa shape index (κ1) is 16.3. The molecule has 0 unspecified atom stereocenters. The Labute approximate surface area is 126 Å². The average molecular weight is 314 g/mol. The summed E-state index contributed by atoms with van der Waals surface area (Å²) in [5, 5.41) is 13.4. The van der Waals surface area contributed by atoms with E-state index in [1.807, 2.05) is 0 Å². The van der Waals surface area contributed by atoms with Gasteiger partial charge in [-0.15, -0.1) is 0 Å². The first-order valence-electron chi connectivity index (χ1n) is 7.17. The zero-order chi connectivity index (χ0) is 16.2. The number of halogens is 3. The van der Waals surface area contributed by atoms with Crippen molar-refractivity contribution >= 4 is 11.8 Å². The highest BCUT2D eigenvalue weighted by Crippen LogP contribution is 2.30. The molecule has 22 heavy (non-hydrogen) atoms. The summed E-state index contributed by atoms with van der Waals surface area (Å²) in [6.45, 7) is 0. The minimum absolute atomic E-state index is 0.0527. The van der Waals surface area contributed by atoms with Crippen LogP contribution in [0.25, 0.3) is 6.08 Å². The zero-order valence-corrected chi connectivity index (χ0v) is 11.9. The topological polar surface area (TPSA) is 55.2 Å². The van der Waals surface area contributed by atoms with Gasteiger partial charge in [-0.3, -0.25) is 10.1 Å². The Kier molecular flexibility index (Phi) is 5.05. The average Bonchev–Trinajstić information content (AvgIpc) is 2.47. The molecule has 0 aromatic heterocycles. The van der Waals surface area contributed by atoms with Crippen LogP contribution in [0.2, 0.25) is 0 Å². The molecule has 2 rings (SSSR count). The molecular weight excluding hydrogens is 297 g/mol. The van der Waals surface area contributed by atoms with E-state index in [0.29, 0.717) is 12.8 Å². The molecule has 1 aliphatic rings. The van der Waals surface area contributed by atoms with Gasteiger partial charge in [-0.05, 0) is 25.0 Å². The predicted octanol–water partition coefficient (Wildman–Crippen LogP) is 4.42. The van der Waals surface area contributed by atoms with Crippen molar-refractivity contribution in [3.63, 3.8) is 0 Å². The lowest BCUT2D eigenvalue weighted by atomic mass is 9.95. The number of benzene rings is 1. The Morgan fingerprint density at radius 2 is 1.86 bits per heavy atom. The maximum absolute atomic E-state index is 13.2. The Hall–Kier alpha value is -2.05. The van der Waals surface area contributed by atoms with Crippen LogP contribution >= 0.6 is 0 Å². The van der Waals surface area contributed by atoms with Crippen LogP contribution in [0.3, 0.4) is 0 Å². The number of nitro groups is 1. The van der Waals surface area contributed by atoms with Crippen LogP contribution in [0.1, 0.15) is 37.7 Å². The summed E-state index contributed by atoms with van der Waals surface area (Å²) in [4.78, 5) is 10.2. The highest BCUT2D eigenvalue weighted by atomic mass is 19.4. The van der Waals surface area contributed by atoms with Crippen molar-refractivity contribution in [1.29, 1.82) is 0 Å². The summed E-state index contributed by atoms with van der Waals surface area (Å²) in [5.41, 5.74) is -1.31. The van der Waals surface area contributed by atoms with E-state index in [1.54, 1.807) is 0 Å². The summed E-state index contributed by atoms with van der Waals surface area (Å²) in [5.74, 6) is 0. The fourth-order valence-corrected chi connectivity index (χ4v) is 2.60. The maximum atomic E-state index is 13.2. The van der Waals surface area contributed by atoms with Crippen LogP contribution in [0.4, 0.5) is 18.9 Å². The molecule has 1 aromatic rings. The first-order chi connectivity index (χ1) is 10.4. The molecule has 1 saturated carbocycles. The molecule has 0 saturated heterocycles. The van der Waals surface area contributed by atoms with E-state index >= 15 is 0 Å². The standard InChI is InChI=1S/C15H17F3N2O2/c16-15(17,18)14(19-12-7-2-1-3-8-12)10-11-6-4-5-9-13(11)20(21)22/h4-6,9-10,12,19H,1-3,7-8H2/b14-10-. The summed E-state index contributed by atoms with van der Waals surface area (Å²) in [6, 6.07) is 5.18.